The first-order valence-electron chi connectivity index (χ1n) is 11.5. The van der Waals surface area contributed by atoms with Crippen LogP contribution >= 0.6 is 0 Å². The lowest BCUT2D eigenvalue weighted by molar-refractivity contribution is -0.137. The van der Waals surface area contributed by atoms with E-state index in [-0.39, 0.29) is 24.6 Å². The van der Waals surface area contributed by atoms with E-state index >= 15 is 0 Å². The van der Waals surface area contributed by atoms with Crippen molar-refractivity contribution in [2.24, 2.45) is 5.92 Å². The molecular formula is C26H25F3N4O3. The summed E-state index contributed by atoms with van der Waals surface area (Å²) < 4.78 is 58.0. The molecule has 1 unspecified atom stereocenters. The average Bonchev–Trinajstić information content (AvgIpc) is 3.66. The van der Waals surface area contributed by atoms with Crippen LogP contribution in [0.4, 0.5) is 13.2 Å². The predicted molar refractivity (Wildman–Crippen MR) is 126 cm³/mol. The molecule has 0 amide bonds. The Bertz CT molecular complexity index is 1340. The highest BCUT2D eigenvalue weighted by atomic mass is 19.4. The highest BCUT2D eigenvalue weighted by molar-refractivity contribution is 5.84. The maximum absolute atomic E-state index is 13.2. The summed E-state index contributed by atoms with van der Waals surface area (Å²) in [5.74, 6) is 0.512. The molecule has 4 aromatic rings. The number of hydrogen-bond donors (Lipinski definition) is 0. The van der Waals surface area contributed by atoms with Gasteiger partial charge in [-0.15, -0.1) is 0 Å². The van der Waals surface area contributed by atoms with Crippen LogP contribution in [0.25, 0.3) is 11.0 Å². The molecule has 5 rings (SSSR count). The molecule has 36 heavy (non-hydrogen) atoms. The Labute approximate surface area is 205 Å². The number of halogens is 3. The van der Waals surface area contributed by atoms with E-state index in [1.165, 1.54) is 26.4 Å². The number of aromatic nitrogens is 4. The predicted octanol–water partition coefficient (Wildman–Crippen LogP) is 5.58. The van der Waals surface area contributed by atoms with Crippen molar-refractivity contribution in [2.45, 2.75) is 38.3 Å². The largest absolute Gasteiger partial charge is 0.480 e. The SMILES string of the molecule is COc1nc(OC)c2c(COCc3ccccc3)nn(C(c3ccc(C(F)(F)F)cc3)C3CC3)c2n1. The van der Waals surface area contributed by atoms with Gasteiger partial charge in [0.15, 0.2) is 5.65 Å². The van der Waals surface area contributed by atoms with Gasteiger partial charge in [-0.3, -0.25) is 0 Å². The van der Waals surface area contributed by atoms with Gasteiger partial charge in [-0.25, -0.2) is 4.68 Å². The van der Waals surface area contributed by atoms with Gasteiger partial charge in [-0.1, -0.05) is 42.5 Å². The van der Waals surface area contributed by atoms with Crippen molar-refractivity contribution in [1.82, 2.24) is 19.7 Å². The first kappa shape index (κ1) is 24.1. The molecule has 7 nitrogen and oxygen atoms in total. The van der Waals surface area contributed by atoms with Crippen molar-refractivity contribution in [3.63, 3.8) is 0 Å². The van der Waals surface area contributed by atoms with Crippen molar-refractivity contribution in [2.75, 3.05) is 14.2 Å². The third kappa shape index (κ3) is 4.86. The minimum Gasteiger partial charge on any atom is -0.480 e. The van der Waals surface area contributed by atoms with Crippen LogP contribution in [0.1, 0.15) is 41.3 Å². The number of ether oxygens (including phenoxy) is 3. The molecule has 2 aromatic heterocycles. The number of benzene rings is 2. The number of fused-ring (bicyclic) bond motifs is 1. The van der Waals surface area contributed by atoms with Crippen LogP contribution in [-0.2, 0) is 24.1 Å². The van der Waals surface area contributed by atoms with Gasteiger partial charge in [0, 0.05) is 0 Å². The third-order valence-electron chi connectivity index (χ3n) is 6.21. The fraction of sp³-hybridized carbons (Fsp3) is 0.346. The van der Waals surface area contributed by atoms with E-state index in [4.69, 9.17) is 19.3 Å². The summed E-state index contributed by atoms with van der Waals surface area (Å²) in [4.78, 5) is 8.87. The van der Waals surface area contributed by atoms with Gasteiger partial charge >= 0.3 is 12.2 Å². The summed E-state index contributed by atoms with van der Waals surface area (Å²) >= 11 is 0. The Morgan fingerprint density at radius 3 is 2.28 bits per heavy atom. The molecule has 2 heterocycles. The Morgan fingerprint density at radius 2 is 1.67 bits per heavy atom. The van der Waals surface area contributed by atoms with E-state index in [1.54, 1.807) is 4.68 Å². The lowest BCUT2D eigenvalue weighted by atomic mass is 10.0. The van der Waals surface area contributed by atoms with E-state index in [1.807, 2.05) is 30.3 Å². The van der Waals surface area contributed by atoms with Crippen molar-refractivity contribution < 1.29 is 27.4 Å². The Hall–Kier alpha value is -3.66. The summed E-state index contributed by atoms with van der Waals surface area (Å²) in [5.41, 5.74) is 2.12. The van der Waals surface area contributed by atoms with Crippen LogP contribution < -0.4 is 9.47 Å². The molecule has 0 saturated heterocycles. The molecule has 10 heteroatoms. The number of alkyl halides is 3. The minimum absolute atomic E-state index is 0.110. The van der Waals surface area contributed by atoms with E-state index in [2.05, 4.69) is 9.97 Å². The Balaban J connectivity index is 1.56. The lowest BCUT2D eigenvalue weighted by Gasteiger charge is -2.19. The molecular weight excluding hydrogens is 473 g/mol. The fourth-order valence-electron chi connectivity index (χ4n) is 4.32. The third-order valence-corrected chi connectivity index (χ3v) is 6.21. The first-order valence-corrected chi connectivity index (χ1v) is 11.5. The van der Waals surface area contributed by atoms with Crippen molar-refractivity contribution in [1.29, 1.82) is 0 Å². The van der Waals surface area contributed by atoms with Gasteiger partial charge in [0.25, 0.3) is 0 Å². The maximum atomic E-state index is 13.2. The zero-order chi connectivity index (χ0) is 25.3. The molecule has 1 saturated carbocycles. The molecule has 2 aromatic carbocycles. The van der Waals surface area contributed by atoms with Gasteiger partial charge in [-0.2, -0.15) is 28.2 Å². The van der Waals surface area contributed by atoms with E-state index in [0.29, 0.717) is 29.2 Å². The van der Waals surface area contributed by atoms with Crippen LogP contribution in [0.5, 0.6) is 11.9 Å². The summed E-state index contributed by atoms with van der Waals surface area (Å²) in [6, 6.07) is 14.8. The fourth-order valence-corrected chi connectivity index (χ4v) is 4.32. The highest BCUT2D eigenvalue weighted by Crippen LogP contribution is 2.45. The average molecular weight is 499 g/mol. The quantitative estimate of drug-likeness (QED) is 0.300. The molecule has 0 radical (unpaired) electrons. The summed E-state index contributed by atoms with van der Waals surface area (Å²) in [5, 5.41) is 5.43. The normalized spacial score (nSPS) is 14.7. The second-order valence-corrected chi connectivity index (χ2v) is 8.69. The summed E-state index contributed by atoms with van der Waals surface area (Å²) in [7, 11) is 2.96. The van der Waals surface area contributed by atoms with Crippen LogP contribution in [0.2, 0.25) is 0 Å². The molecule has 0 spiro atoms. The highest BCUT2D eigenvalue weighted by Gasteiger charge is 2.37. The maximum Gasteiger partial charge on any atom is 0.416 e. The van der Waals surface area contributed by atoms with Crippen molar-refractivity contribution >= 4 is 11.0 Å². The number of rotatable bonds is 9. The zero-order valence-electron chi connectivity index (χ0n) is 19.8. The molecule has 0 N–H and O–H groups in total. The molecule has 0 bridgehead atoms. The number of hydrogen-bond acceptors (Lipinski definition) is 6. The van der Waals surface area contributed by atoms with Crippen molar-refractivity contribution in [3.8, 4) is 11.9 Å². The van der Waals surface area contributed by atoms with Crippen molar-refractivity contribution in [3.05, 3.63) is 77.0 Å². The topological polar surface area (TPSA) is 71.3 Å². The first-order chi connectivity index (χ1) is 17.4. The number of methoxy groups -OCH3 is 2. The van der Waals surface area contributed by atoms with Crippen LogP contribution in [0.15, 0.2) is 54.6 Å². The van der Waals surface area contributed by atoms with E-state index in [9.17, 15) is 13.2 Å². The van der Waals surface area contributed by atoms with Gasteiger partial charge in [0.2, 0.25) is 5.88 Å². The summed E-state index contributed by atoms with van der Waals surface area (Å²) in [6.07, 6.45) is -2.53. The monoisotopic (exact) mass is 498 g/mol. The molecule has 1 atom stereocenters. The summed E-state index contributed by atoms with van der Waals surface area (Å²) in [6.45, 7) is 0.564. The molecule has 188 valence electrons. The molecule has 1 aliphatic rings. The Kier molecular flexibility index (Phi) is 6.53. The van der Waals surface area contributed by atoms with Gasteiger partial charge in [-0.05, 0) is 42.0 Å². The van der Waals surface area contributed by atoms with E-state index in [0.717, 1.165) is 36.1 Å². The molecule has 0 aliphatic heterocycles. The molecule has 1 fully saturated rings. The molecule has 1 aliphatic carbocycles. The second-order valence-electron chi connectivity index (χ2n) is 8.69. The Morgan fingerprint density at radius 1 is 0.944 bits per heavy atom. The number of nitrogens with zero attached hydrogens (tertiary/aromatic N) is 4. The van der Waals surface area contributed by atoms with Crippen LogP contribution in [0.3, 0.4) is 0 Å². The standard InChI is InChI=1S/C26H25F3N4O3/c1-34-24-21-20(15-36-14-16-6-4-3-5-7-16)32-33(23(21)30-25(31-24)35-2)22(17-8-9-17)18-10-12-19(13-11-18)26(27,28)29/h3-7,10-13,17,22H,8-9,14-15H2,1-2H3. The second kappa shape index (κ2) is 9.77. The zero-order valence-corrected chi connectivity index (χ0v) is 19.8. The van der Waals surface area contributed by atoms with E-state index < -0.39 is 11.7 Å². The van der Waals surface area contributed by atoms with Gasteiger partial charge in [0.1, 0.15) is 11.1 Å². The van der Waals surface area contributed by atoms with Gasteiger partial charge in [0.05, 0.1) is 39.0 Å². The van der Waals surface area contributed by atoms with Gasteiger partial charge < -0.3 is 14.2 Å². The lowest BCUT2D eigenvalue weighted by Crippen LogP contribution is -2.16. The van der Waals surface area contributed by atoms with Crippen LogP contribution in [0, 0.1) is 5.92 Å². The minimum atomic E-state index is -4.40. The van der Waals surface area contributed by atoms with Crippen LogP contribution in [-0.4, -0.2) is 34.0 Å². The smallest absolute Gasteiger partial charge is 0.416 e.